The van der Waals surface area contributed by atoms with Gasteiger partial charge in [0.25, 0.3) is 5.69 Å². The molecule has 2 N–H and O–H groups in total. The Morgan fingerprint density at radius 3 is 2.55 bits per heavy atom. The Bertz CT molecular complexity index is 1070. The van der Waals surface area contributed by atoms with Crippen molar-refractivity contribution in [2.75, 3.05) is 5.32 Å². The number of likely N-dealkylation sites (tertiary alicyclic amines) is 1. The number of hydrogen-bond acceptors (Lipinski definition) is 5. The van der Waals surface area contributed by atoms with Crippen molar-refractivity contribution in [2.45, 2.75) is 24.9 Å². The molecular formula is C21H18FN3O6. The van der Waals surface area contributed by atoms with Crippen LogP contribution in [0.25, 0.3) is 0 Å². The quantitative estimate of drug-likeness (QED) is 0.568. The second kappa shape index (κ2) is 7.78. The molecule has 1 saturated heterocycles. The van der Waals surface area contributed by atoms with Gasteiger partial charge in [0.1, 0.15) is 17.6 Å². The van der Waals surface area contributed by atoms with Gasteiger partial charge in [-0.3, -0.25) is 14.9 Å². The van der Waals surface area contributed by atoms with Crippen LogP contribution < -0.4 is 5.32 Å². The number of nitrogens with one attached hydrogen (secondary N) is 1. The fourth-order valence-electron chi connectivity index (χ4n) is 4.68. The summed E-state index contributed by atoms with van der Waals surface area (Å²) in [4.78, 5) is 49.7. The van der Waals surface area contributed by atoms with Crippen molar-refractivity contribution in [1.29, 1.82) is 0 Å². The molecule has 2 aromatic carbocycles. The van der Waals surface area contributed by atoms with E-state index in [-0.39, 0.29) is 23.6 Å². The number of aliphatic carboxylic acids is 1. The van der Waals surface area contributed by atoms with E-state index in [0.717, 1.165) is 17.0 Å². The largest absolute Gasteiger partial charge is 0.480 e. The van der Waals surface area contributed by atoms with Gasteiger partial charge in [0.2, 0.25) is 0 Å². The van der Waals surface area contributed by atoms with Gasteiger partial charge in [0.05, 0.1) is 11.0 Å². The van der Waals surface area contributed by atoms with Gasteiger partial charge in [-0.15, -0.1) is 0 Å². The zero-order valence-corrected chi connectivity index (χ0v) is 16.1. The molecule has 2 amide bonds. The Hall–Kier alpha value is -3.82. The fourth-order valence-corrected chi connectivity index (χ4v) is 4.68. The monoisotopic (exact) mass is 427 g/mol. The number of carbonyl (C=O) groups is 3. The van der Waals surface area contributed by atoms with Gasteiger partial charge in [-0.1, -0.05) is 12.1 Å². The lowest BCUT2D eigenvalue weighted by Gasteiger charge is -2.31. The number of nitro benzene ring substituents is 1. The van der Waals surface area contributed by atoms with Gasteiger partial charge in [0.15, 0.2) is 0 Å². The number of hydrogen-bond donors (Lipinski definition) is 2. The van der Waals surface area contributed by atoms with E-state index in [2.05, 4.69) is 5.32 Å². The maximum absolute atomic E-state index is 13.2. The Balaban J connectivity index is 1.78. The third-order valence-corrected chi connectivity index (χ3v) is 5.91. The number of nitrogens with zero attached hydrogens (tertiary/aromatic N) is 2. The molecule has 160 valence electrons. The molecule has 31 heavy (non-hydrogen) atoms. The molecule has 10 heteroatoms. The van der Waals surface area contributed by atoms with E-state index in [1.54, 1.807) is 6.07 Å². The number of carbonyl (C=O) groups excluding carboxylic acids is 2. The summed E-state index contributed by atoms with van der Waals surface area (Å²) in [6.45, 7) is 0. The number of carboxylic acid groups (broad SMARTS) is 1. The summed E-state index contributed by atoms with van der Waals surface area (Å²) in [5, 5.41) is 23.7. The zero-order chi connectivity index (χ0) is 22.3. The van der Waals surface area contributed by atoms with E-state index >= 15 is 0 Å². The summed E-state index contributed by atoms with van der Waals surface area (Å²) < 4.78 is 13.2. The summed E-state index contributed by atoms with van der Waals surface area (Å²) in [6.07, 6.45) is 0.504. The average Bonchev–Trinajstić information content (AvgIpc) is 3.27. The van der Waals surface area contributed by atoms with E-state index in [1.165, 1.54) is 30.3 Å². The first kappa shape index (κ1) is 20.5. The molecule has 2 fully saturated rings. The molecule has 2 aromatic rings. The number of Topliss-reactive ketones (excluding diaryl/α,β-unsaturated/α-hetero) is 1. The van der Waals surface area contributed by atoms with Crippen LogP contribution >= 0.6 is 0 Å². The van der Waals surface area contributed by atoms with Crippen LogP contribution in [-0.4, -0.2) is 38.8 Å². The Kier molecular flexibility index (Phi) is 5.14. The van der Waals surface area contributed by atoms with Crippen LogP contribution in [-0.2, 0) is 9.59 Å². The number of fused-ring (bicyclic) bond motifs is 1. The number of ketones is 1. The first-order chi connectivity index (χ1) is 14.8. The Labute approximate surface area is 175 Å². The number of non-ortho nitro benzene ring substituents is 1. The first-order valence-electron chi connectivity index (χ1n) is 9.62. The molecule has 0 radical (unpaired) electrons. The minimum absolute atomic E-state index is 0.176. The predicted octanol–water partition coefficient (Wildman–Crippen LogP) is 3.37. The number of amides is 2. The molecule has 9 nitrogen and oxygen atoms in total. The van der Waals surface area contributed by atoms with Gasteiger partial charge in [-0.05, 0) is 36.2 Å². The van der Waals surface area contributed by atoms with Crippen LogP contribution in [0.2, 0.25) is 0 Å². The van der Waals surface area contributed by atoms with E-state index < -0.39 is 46.7 Å². The van der Waals surface area contributed by atoms with Crippen LogP contribution in [0.5, 0.6) is 0 Å². The molecule has 4 atom stereocenters. The minimum Gasteiger partial charge on any atom is -0.480 e. The molecule has 2 aliphatic rings. The zero-order valence-electron chi connectivity index (χ0n) is 16.1. The normalized spacial score (nSPS) is 24.7. The van der Waals surface area contributed by atoms with Crippen molar-refractivity contribution in [3.05, 3.63) is 70.0 Å². The molecule has 1 heterocycles. The van der Waals surface area contributed by atoms with Crippen LogP contribution in [0.1, 0.15) is 24.4 Å². The maximum atomic E-state index is 13.2. The fraction of sp³-hybridized carbons (Fsp3) is 0.286. The van der Waals surface area contributed by atoms with E-state index in [4.69, 9.17) is 0 Å². The van der Waals surface area contributed by atoms with Gasteiger partial charge in [-0.2, -0.15) is 0 Å². The van der Waals surface area contributed by atoms with Crippen LogP contribution in [0.3, 0.4) is 0 Å². The first-order valence-corrected chi connectivity index (χ1v) is 9.62. The van der Waals surface area contributed by atoms with E-state index in [9.17, 15) is 34.0 Å². The minimum atomic E-state index is -1.28. The molecule has 4 rings (SSSR count). The summed E-state index contributed by atoms with van der Waals surface area (Å²) in [7, 11) is 0. The van der Waals surface area contributed by atoms with Gasteiger partial charge >= 0.3 is 12.0 Å². The summed E-state index contributed by atoms with van der Waals surface area (Å²) in [5.41, 5.74) is 0.339. The number of benzene rings is 2. The van der Waals surface area contributed by atoms with Crippen molar-refractivity contribution in [1.82, 2.24) is 4.90 Å². The van der Waals surface area contributed by atoms with E-state index in [0.29, 0.717) is 12.0 Å². The lowest BCUT2D eigenvalue weighted by atomic mass is 9.86. The standard InChI is InChI=1S/C21H18FN3O6/c22-12-4-6-13(7-5-12)23-21(29)24-18(11-2-1-3-14(10-11)25(30)31)17-15(8-9-16(17)26)19(24)20(27)28/h1-7,10,15,17-19H,8-9H2,(H,23,29)(H,27,28). The number of halogens is 1. The number of rotatable bonds is 4. The van der Waals surface area contributed by atoms with Crippen molar-refractivity contribution >= 4 is 29.2 Å². The third-order valence-electron chi connectivity index (χ3n) is 5.91. The van der Waals surface area contributed by atoms with Gasteiger partial charge in [-0.25, -0.2) is 14.0 Å². The topological polar surface area (TPSA) is 130 Å². The van der Waals surface area contributed by atoms with Crippen molar-refractivity contribution in [3.8, 4) is 0 Å². The number of nitro groups is 1. The highest BCUT2D eigenvalue weighted by atomic mass is 19.1. The molecule has 0 bridgehead atoms. The van der Waals surface area contributed by atoms with Gasteiger partial charge < -0.3 is 15.3 Å². The summed E-state index contributed by atoms with van der Waals surface area (Å²) in [6, 6.07) is 7.44. The number of anilines is 1. The van der Waals surface area contributed by atoms with Crippen molar-refractivity contribution in [3.63, 3.8) is 0 Å². The van der Waals surface area contributed by atoms with Crippen molar-refractivity contribution < 1.29 is 28.8 Å². The lowest BCUT2D eigenvalue weighted by Crippen LogP contribution is -2.46. The molecule has 1 saturated carbocycles. The van der Waals surface area contributed by atoms with Gasteiger partial charge in [0, 0.05) is 36.1 Å². The summed E-state index contributed by atoms with van der Waals surface area (Å²) >= 11 is 0. The second-order valence-electron chi connectivity index (χ2n) is 7.62. The molecule has 0 spiro atoms. The average molecular weight is 427 g/mol. The molecule has 1 aliphatic heterocycles. The highest BCUT2D eigenvalue weighted by Gasteiger charge is 2.59. The van der Waals surface area contributed by atoms with Crippen LogP contribution in [0, 0.1) is 27.8 Å². The maximum Gasteiger partial charge on any atom is 0.326 e. The molecule has 1 aliphatic carbocycles. The highest BCUT2D eigenvalue weighted by molar-refractivity contribution is 5.96. The predicted molar refractivity (Wildman–Crippen MR) is 106 cm³/mol. The molecular weight excluding hydrogens is 409 g/mol. The second-order valence-corrected chi connectivity index (χ2v) is 7.62. The molecule has 0 aromatic heterocycles. The Morgan fingerprint density at radius 1 is 1.19 bits per heavy atom. The van der Waals surface area contributed by atoms with E-state index in [1.807, 2.05) is 0 Å². The number of urea groups is 1. The third kappa shape index (κ3) is 3.60. The lowest BCUT2D eigenvalue weighted by molar-refractivity contribution is -0.385. The summed E-state index contributed by atoms with van der Waals surface area (Å²) in [5.74, 6) is -3.32. The van der Waals surface area contributed by atoms with Crippen LogP contribution in [0.15, 0.2) is 48.5 Å². The Morgan fingerprint density at radius 2 is 1.90 bits per heavy atom. The smallest absolute Gasteiger partial charge is 0.326 e. The number of carboxylic acids is 1. The molecule has 4 unspecified atom stereocenters. The van der Waals surface area contributed by atoms with Crippen molar-refractivity contribution in [2.24, 2.45) is 11.8 Å². The highest BCUT2D eigenvalue weighted by Crippen LogP contribution is 2.51. The van der Waals surface area contributed by atoms with Crippen LogP contribution in [0.4, 0.5) is 20.6 Å². The SMILES string of the molecule is O=C1CCC2C1C(c1cccc([N+](=O)[O-])c1)N(C(=O)Nc1ccc(F)cc1)C2C(=O)O.